The van der Waals surface area contributed by atoms with Gasteiger partial charge in [0, 0.05) is 5.41 Å². The van der Waals surface area contributed by atoms with Crippen molar-refractivity contribution < 1.29 is 24.1 Å². The number of benzene rings is 2. The standard InChI is InChI=1S/C24H28Cl2FN3O4/c1-24(2,17-5-8-23(22(26)9-17)34-14-19(31)10-25)16-3-6-21(7-4-16)33-15-20(32)13-30-12-18(11-27)28-29-30/h3-9,12,19-20,31-32H,10-11,13-15H2,1-2H3/t19-,20-/m0/s1. The average Bonchev–Trinajstić information content (AvgIpc) is 3.29. The van der Waals surface area contributed by atoms with Gasteiger partial charge in [-0.3, -0.25) is 0 Å². The molecular formula is C24H28Cl2FN3O4. The molecule has 2 N–H and O–H groups in total. The van der Waals surface area contributed by atoms with E-state index < -0.39 is 18.9 Å². The van der Waals surface area contributed by atoms with E-state index in [9.17, 15) is 14.6 Å². The van der Waals surface area contributed by atoms with Crippen LogP contribution < -0.4 is 9.47 Å². The minimum Gasteiger partial charge on any atom is -0.491 e. The third-order valence-electron chi connectivity index (χ3n) is 5.40. The minimum absolute atomic E-state index is 0.0586. The highest BCUT2D eigenvalue weighted by atomic mass is 35.5. The zero-order valence-electron chi connectivity index (χ0n) is 19.0. The number of hydrogen-bond donors (Lipinski definition) is 2. The summed E-state index contributed by atoms with van der Waals surface area (Å²) >= 11 is 12.0. The Balaban J connectivity index is 1.59. The summed E-state index contributed by atoms with van der Waals surface area (Å²) in [4.78, 5) is 0. The molecule has 10 heteroatoms. The molecule has 2 atom stereocenters. The number of halogens is 3. The van der Waals surface area contributed by atoms with Gasteiger partial charge in [0.15, 0.2) is 0 Å². The molecule has 0 spiro atoms. The van der Waals surface area contributed by atoms with Crippen LogP contribution in [0.1, 0.15) is 30.7 Å². The molecule has 0 aliphatic heterocycles. The zero-order chi connectivity index (χ0) is 24.7. The van der Waals surface area contributed by atoms with Crippen molar-refractivity contribution in [2.75, 3.05) is 19.1 Å². The number of ether oxygens (including phenoxy) is 2. The van der Waals surface area contributed by atoms with Crippen LogP contribution in [0.4, 0.5) is 4.39 Å². The van der Waals surface area contributed by atoms with Crippen molar-refractivity contribution in [2.45, 2.75) is 44.7 Å². The smallest absolute Gasteiger partial charge is 0.138 e. The monoisotopic (exact) mass is 511 g/mol. The first-order valence-corrected chi connectivity index (χ1v) is 11.7. The largest absolute Gasteiger partial charge is 0.491 e. The first kappa shape index (κ1) is 26.2. The van der Waals surface area contributed by atoms with E-state index >= 15 is 0 Å². The van der Waals surface area contributed by atoms with E-state index in [0.29, 0.717) is 16.5 Å². The zero-order valence-corrected chi connectivity index (χ0v) is 20.5. The van der Waals surface area contributed by atoms with Crippen molar-refractivity contribution in [3.8, 4) is 11.5 Å². The number of hydrogen-bond acceptors (Lipinski definition) is 6. The second-order valence-corrected chi connectivity index (χ2v) is 9.16. The van der Waals surface area contributed by atoms with Gasteiger partial charge in [-0.15, -0.1) is 16.7 Å². The number of nitrogens with zero attached hydrogens (tertiary/aromatic N) is 3. The summed E-state index contributed by atoms with van der Waals surface area (Å²) in [6.07, 6.45) is -0.125. The van der Waals surface area contributed by atoms with Crippen LogP contribution in [0, 0.1) is 0 Å². The van der Waals surface area contributed by atoms with Crippen molar-refractivity contribution in [1.82, 2.24) is 15.0 Å². The van der Waals surface area contributed by atoms with Crippen LogP contribution >= 0.6 is 23.2 Å². The predicted molar refractivity (Wildman–Crippen MR) is 129 cm³/mol. The van der Waals surface area contributed by atoms with E-state index in [4.69, 9.17) is 32.7 Å². The molecule has 7 nitrogen and oxygen atoms in total. The summed E-state index contributed by atoms with van der Waals surface area (Å²) in [6, 6.07) is 13.2. The van der Waals surface area contributed by atoms with Crippen LogP contribution in [0.25, 0.3) is 0 Å². The molecule has 0 aliphatic rings. The van der Waals surface area contributed by atoms with Gasteiger partial charge in [0.25, 0.3) is 0 Å². The maximum Gasteiger partial charge on any atom is 0.138 e. The number of aromatic nitrogens is 3. The Hall–Kier alpha value is -2.39. The fourth-order valence-electron chi connectivity index (χ4n) is 3.32. The molecule has 0 saturated heterocycles. The van der Waals surface area contributed by atoms with E-state index in [-0.39, 0.29) is 36.7 Å². The first-order valence-electron chi connectivity index (χ1n) is 10.8. The lowest BCUT2D eigenvalue weighted by atomic mass is 9.78. The fraction of sp³-hybridized carbons (Fsp3) is 0.417. The number of aliphatic hydroxyl groups is 2. The summed E-state index contributed by atoms with van der Waals surface area (Å²) in [5.41, 5.74) is 1.91. The topological polar surface area (TPSA) is 89.6 Å². The Morgan fingerprint density at radius 2 is 1.71 bits per heavy atom. The summed E-state index contributed by atoms with van der Waals surface area (Å²) in [6.45, 7) is 3.75. The maximum atomic E-state index is 12.6. The van der Waals surface area contributed by atoms with Crippen molar-refractivity contribution in [2.24, 2.45) is 0 Å². The summed E-state index contributed by atoms with van der Waals surface area (Å²) < 4.78 is 25.2. The Morgan fingerprint density at radius 3 is 2.32 bits per heavy atom. The third kappa shape index (κ3) is 6.82. The van der Waals surface area contributed by atoms with Gasteiger partial charge >= 0.3 is 0 Å². The van der Waals surface area contributed by atoms with Gasteiger partial charge in [-0.05, 0) is 35.4 Å². The van der Waals surface area contributed by atoms with Crippen LogP contribution in [0.3, 0.4) is 0 Å². The van der Waals surface area contributed by atoms with Gasteiger partial charge in [-0.2, -0.15) is 0 Å². The van der Waals surface area contributed by atoms with Crippen molar-refractivity contribution in [3.05, 3.63) is 70.5 Å². The molecule has 184 valence electrons. The molecule has 0 fully saturated rings. The van der Waals surface area contributed by atoms with Gasteiger partial charge in [0.2, 0.25) is 0 Å². The van der Waals surface area contributed by atoms with Crippen LogP contribution in [0.15, 0.2) is 48.7 Å². The van der Waals surface area contributed by atoms with Crippen LogP contribution in [0.2, 0.25) is 5.02 Å². The Bertz CT molecular complexity index is 1060. The molecule has 0 bridgehead atoms. The van der Waals surface area contributed by atoms with Gasteiger partial charge in [-0.25, -0.2) is 9.07 Å². The highest BCUT2D eigenvalue weighted by Gasteiger charge is 2.24. The summed E-state index contributed by atoms with van der Waals surface area (Å²) in [5, 5.41) is 27.6. The van der Waals surface area contributed by atoms with Gasteiger partial charge in [0.05, 0.1) is 23.6 Å². The van der Waals surface area contributed by atoms with Crippen LogP contribution in [0.5, 0.6) is 11.5 Å². The molecule has 34 heavy (non-hydrogen) atoms. The maximum absolute atomic E-state index is 12.6. The lowest BCUT2D eigenvalue weighted by molar-refractivity contribution is 0.0888. The molecule has 0 radical (unpaired) electrons. The van der Waals surface area contributed by atoms with E-state index in [1.54, 1.807) is 6.07 Å². The molecule has 3 rings (SSSR count). The van der Waals surface area contributed by atoms with Crippen molar-refractivity contribution >= 4 is 23.2 Å². The molecule has 2 aromatic carbocycles. The van der Waals surface area contributed by atoms with Gasteiger partial charge < -0.3 is 19.7 Å². The summed E-state index contributed by atoms with van der Waals surface area (Å²) in [7, 11) is 0. The predicted octanol–water partition coefficient (Wildman–Crippen LogP) is 4.15. The Kier molecular flexibility index (Phi) is 9.13. The molecule has 3 aromatic rings. The molecule has 0 saturated carbocycles. The number of rotatable bonds is 12. The highest BCUT2D eigenvalue weighted by molar-refractivity contribution is 6.32. The lowest BCUT2D eigenvalue weighted by Gasteiger charge is -2.27. The molecule has 1 aromatic heterocycles. The normalized spacial score (nSPS) is 13.5. The molecule has 0 amide bonds. The lowest BCUT2D eigenvalue weighted by Crippen LogP contribution is -2.24. The SMILES string of the molecule is CC(C)(c1ccc(OC[C@@H](O)Cn2cc(CF)nn2)cc1)c1ccc(OC[C@@H](O)CCl)c(Cl)c1. The van der Waals surface area contributed by atoms with E-state index in [1.165, 1.54) is 10.9 Å². The fourth-order valence-corrected chi connectivity index (χ4v) is 3.65. The van der Waals surface area contributed by atoms with Gasteiger partial charge in [-0.1, -0.05) is 48.9 Å². The van der Waals surface area contributed by atoms with E-state index in [0.717, 1.165) is 11.1 Å². The summed E-state index contributed by atoms with van der Waals surface area (Å²) in [5.74, 6) is 1.19. The van der Waals surface area contributed by atoms with E-state index in [1.807, 2.05) is 36.4 Å². The third-order valence-corrected chi connectivity index (χ3v) is 6.05. The average molecular weight is 512 g/mol. The van der Waals surface area contributed by atoms with Gasteiger partial charge in [0.1, 0.15) is 49.3 Å². The van der Waals surface area contributed by atoms with E-state index in [2.05, 4.69) is 24.2 Å². The minimum atomic E-state index is -0.821. The van der Waals surface area contributed by atoms with Crippen LogP contribution in [-0.4, -0.2) is 56.5 Å². The molecule has 1 heterocycles. The van der Waals surface area contributed by atoms with Crippen molar-refractivity contribution in [3.63, 3.8) is 0 Å². The highest BCUT2D eigenvalue weighted by Crippen LogP contribution is 2.36. The Labute approximate surface area is 208 Å². The second kappa shape index (κ2) is 11.8. The molecular weight excluding hydrogens is 484 g/mol. The first-order chi connectivity index (χ1) is 16.2. The quantitative estimate of drug-likeness (QED) is 0.355. The Morgan fingerprint density at radius 1 is 1.03 bits per heavy atom. The number of aliphatic hydroxyl groups excluding tert-OH is 2. The van der Waals surface area contributed by atoms with Crippen molar-refractivity contribution in [1.29, 1.82) is 0 Å². The second-order valence-electron chi connectivity index (χ2n) is 8.44. The molecule has 0 aliphatic carbocycles. The molecule has 0 unspecified atom stereocenters. The van der Waals surface area contributed by atoms with Crippen LogP contribution in [-0.2, 0) is 18.6 Å². The number of alkyl halides is 2.